The summed E-state index contributed by atoms with van der Waals surface area (Å²) in [7, 11) is 0. The average molecular weight is 163 g/mol. The Morgan fingerprint density at radius 1 is 1.45 bits per heavy atom. The summed E-state index contributed by atoms with van der Waals surface area (Å²) in [6, 6.07) is 0.517. The predicted molar refractivity (Wildman–Crippen MR) is 27.6 cm³/mol. The molecular formula is C5H2F3N2O. The number of hydrogen-bond acceptors (Lipinski definition) is 3. The zero-order valence-electron chi connectivity index (χ0n) is 5.09. The molecule has 6 heteroatoms. The van der Waals surface area contributed by atoms with Crippen molar-refractivity contribution in [3.8, 4) is 6.01 Å². The first kappa shape index (κ1) is 7.77. The van der Waals surface area contributed by atoms with Gasteiger partial charge in [0.05, 0.1) is 6.20 Å². The largest absolute Gasteiger partial charge is 0.575 e. The fraction of sp³-hybridized carbons (Fsp3) is 0.200. The molecule has 0 aliphatic rings. The average Bonchev–Trinajstić information content (AvgIpc) is 1.85. The number of halogens is 3. The molecule has 1 aromatic rings. The fourth-order valence-electron chi connectivity index (χ4n) is 0.408. The molecule has 0 unspecified atom stereocenters. The Labute approximate surface area is 59.8 Å². The van der Waals surface area contributed by atoms with Crippen LogP contribution in [0.1, 0.15) is 0 Å². The lowest BCUT2D eigenvalue weighted by Crippen LogP contribution is -2.18. The van der Waals surface area contributed by atoms with Gasteiger partial charge >= 0.3 is 12.4 Å². The van der Waals surface area contributed by atoms with E-state index in [4.69, 9.17) is 0 Å². The van der Waals surface area contributed by atoms with Gasteiger partial charge in [-0.3, -0.25) is 0 Å². The van der Waals surface area contributed by atoms with E-state index in [0.29, 0.717) is 0 Å². The first-order valence-corrected chi connectivity index (χ1v) is 2.53. The minimum atomic E-state index is -4.74. The molecule has 3 nitrogen and oxygen atoms in total. The van der Waals surface area contributed by atoms with Crippen LogP contribution in [0.2, 0.25) is 0 Å². The van der Waals surface area contributed by atoms with E-state index in [2.05, 4.69) is 20.9 Å². The number of alkyl halides is 3. The van der Waals surface area contributed by atoms with Gasteiger partial charge in [0, 0.05) is 6.20 Å². The molecule has 1 heterocycles. The van der Waals surface area contributed by atoms with Crippen molar-refractivity contribution in [2.75, 3.05) is 0 Å². The fourth-order valence-corrected chi connectivity index (χ4v) is 0.408. The second-order valence-corrected chi connectivity index (χ2v) is 1.52. The van der Waals surface area contributed by atoms with Crippen molar-refractivity contribution in [3.05, 3.63) is 18.5 Å². The molecule has 59 valence electrons. The lowest BCUT2D eigenvalue weighted by Gasteiger charge is -2.04. The van der Waals surface area contributed by atoms with Crippen LogP contribution in [-0.4, -0.2) is 16.3 Å². The summed E-state index contributed by atoms with van der Waals surface area (Å²) >= 11 is 0. The summed E-state index contributed by atoms with van der Waals surface area (Å²) in [6.07, 6.45) is -1.49. The van der Waals surface area contributed by atoms with Gasteiger partial charge in [-0.2, -0.15) is 4.98 Å². The molecule has 11 heavy (non-hydrogen) atoms. The van der Waals surface area contributed by atoms with E-state index in [9.17, 15) is 13.2 Å². The van der Waals surface area contributed by atoms with Crippen molar-refractivity contribution in [3.63, 3.8) is 0 Å². The third-order valence-corrected chi connectivity index (χ3v) is 0.701. The number of ether oxygens (including phenoxy) is 1. The normalized spacial score (nSPS) is 11.2. The first-order valence-electron chi connectivity index (χ1n) is 2.53. The van der Waals surface area contributed by atoms with E-state index in [0.717, 1.165) is 6.20 Å². The van der Waals surface area contributed by atoms with Crippen LogP contribution >= 0.6 is 0 Å². The zero-order valence-corrected chi connectivity index (χ0v) is 5.09. The molecule has 1 radical (unpaired) electrons. The molecule has 1 aromatic heterocycles. The quantitative estimate of drug-likeness (QED) is 0.623. The Bertz CT molecular complexity index is 223. The summed E-state index contributed by atoms with van der Waals surface area (Å²) in [4.78, 5) is 6.27. The van der Waals surface area contributed by atoms with Gasteiger partial charge in [-0.05, 0) is 6.07 Å². The smallest absolute Gasteiger partial charge is 0.371 e. The van der Waals surface area contributed by atoms with Crippen LogP contribution in [-0.2, 0) is 0 Å². The van der Waals surface area contributed by atoms with E-state index in [1.807, 2.05) is 0 Å². The summed E-state index contributed by atoms with van der Waals surface area (Å²) < 4.78 is 37.6. The van der Waals surface area contributed by atoms with Gasteiger partial charge in [0.1, 0.15) is 0 Å². The van der Waals surface area contributed by atoms with E-state index in [1.54, 1.807) is 0 Å². The molecule has 0 N–H and O–H groups in total. The maximum atomic E-state index is 11.4. The van der Waals surface area contributed by atoms with Gasteiger partial charge in [0.15, 0.2) is 0 Å². The van der Waals surface area contributed by atoms with Crippen LogP contribution in [0.3, 0.4) is 0 Å². The van der Waals surface area contributed by atoms with Gasteiger partial charge in [-0.25, -0.2) is 4.98 Å². The number of rotatable bonds is 1. The van der Waals surface area contributed by atoms with E-state index < -0.39 is 12.4 Å². The first-order chi connectivity index (χ1) is 5.08. The minimum Gasteiger partial charge on any atom is -0.371 e. The van der Waals surface area contributed by atoms with Crippen LogP contribution in [0, 0.1) is 6.20 Å². The third kappa shape index (κ3) is 2.83. The van der Waals surface area contributed by atoms with Crippen LogP contribution < -0.4 is 4.74 Å². The van der Waals surface area contributed by atoms with E-state index in [-0.39, 0.29) is 0 Å². The Morgan fingerprint density at radius 2 is 2.18 bits per heavy atom. The second kappa shape index (κ2) is 2.73. The predicted octanol–water partition coefficient (Wildman–Crippen LogP) is 1.18. The minimum absolute atomic E-state index is 0.750. The highest BCUT2D eigenvalue weighted by atomic mass is 19.4. The van der Waals surface area contributed by atoms with Crippen molar-refractivity contribution >= 4 is 0 Å². The number of hydrogen-bond donors (Lipinski definition) is 0. The summed E-state index contributed by atoms with van der Waals surface area (Å²) in [6.45, 7) is 0. The highest BCUT2D eigenvalue weighted by molar-refractivity contribution is 4.92. The molecule has 0 aliphatic heterocycles. The molecule has 0 aromatic carbocycles. The third-order valence-electron chi connectivity index (χ3n) is 0.701. The molecule has 0 fully saturated rings. The standard InChI is InChI=1S/C5H2F3N2O/c6-5(7,8)11-4-9-2-1-3-10-4/h1-2H. The van der Waals surface area contributed by atoms with Crippen LogP contribution in [0.25, 0.3) is 0 Å². The van der Waals surface area contributed by atoms with Crippen molar-refractivity contribution in [2.24, 2.45) is 0 Å². The van der Waals surface area contributed by atoms with Crippen molar-refractivity contribution in [1.29, 1.82) is 0 Å². The zero-order chi connectivity index (χ0) is 8.32. The Kier molecular flexibility index (Phi) is 1.93. The van der Waals surface area contributed by atoms with Gasteiger partial charge in [-0.15, -0.1) is 13.2 Å². The second-order valence-electron chi connectivity index (χ2n) is 1.52. The topological polar surface area (TPSA) is 35.0 Å². The molecule has 0 spiro atoms. The van der Waals surface area contributed by atoms with Crippen LogP contribution in [0.5, 0.6) is 6.01 Å². The molecule has 0 bridgehead atoms. The van der Waals surface area contributed by atoms with Gasteiger partial charge in [-0.1, -0.05) is 0 Å². The van der Waals surface area contributed by atoms with Gasteiger partial charge in [0.2, 0.25) is 0 Å². The SMILES string of the molecule is FC(F)(F)Oc1n[c]ccn1. The highest BCUT2D eigenvalue weighted by Crippen LogP contribution is 2.17. The maximum absolute atomic E-state index is 11.4. The summed E-state index contributed by atoms with van der Waals surface area (Å²) in [5, 5.41) is 0. The van der Waals surface area contributed by atoms with E-state index in [1.165, 1.54) is 6.07 Å². The molecular weight excluding hydrogens is 161 g/mol. The number of nitrogens with zero attached hydrogens (tertiary/aromatic N) is 2. The van der Waals surface area contributed by atoms with Crippen LogP contribution in [0.4, 0.5) is 13.2 Å². The Hall–Kier alpha value is -1.33. The molecule has 0 amide bonds. The molecule has 0 aliphatic carbocycles. The Balaban J connectivity index is 2.66. The van der Waals surface area contributed by atoms with Crippen molar-refractivity contribution in [1.82, 2.24) is 9.97 Å². The molecule has 0 saturated heterocycles. The summed E-state index contributed by atoms with van der Waals surface area (Å²) in [5.74, 6) is 0. The van der Waals surface area contributed by atoms with Gasteiger partial charge < -0.3 is 4.74 Å². The lowest BCUT2D eigenvalue weighted by molar-refractivity contribution is -0.277. The monoisotopic (exact) mass is 163 g/mol. The molecule has 1 rings (SSSR count). The molecule has 0 saturated carbocycles. The lowest BCUT2D eigenvalue weighted by atomic mass is 10.7. The van der Waals surface area contributed by atoms with Crippen LogP contribution in [0.15, 0.2) is 12.3 Å². The maximum Gasteiger partial charge on any atom is 0.575 e. The highest BCUT2D eigenvalue weighted by Gasteiger charge is 2.32. The Morgan fingerprint density at radius 3 is 2.64 bits per heavy atom. The van der Waals surface area contributed by atoms with Crippen molar-refractivity contribution < 1.29 is 17.9 Å². The van der Waals surface area contributed by atoms with E-state index >= 15 is 0 Å². The van der Waals surface area contributed by atoms with Gasteiger partial charge in [0.25, 0.3) is 0 Å². The number of aromatic nitrogens is 2. The summed E-state index contributed by atoms with van der Waals surface area (Å²) in [5.41, 5.74) is 0. The molecule has 0 atom stereocenters. The van der Waals surface area contributed by atoms with Crippen molar-refractivity contribution in [2.45, 2.75) is 6.36 Å².